The van der Waals surface area contributed by atoms with Gasteiger partial charge in [-0.3, -0.25) is 14.7 Å². The quantitative estimate of drug-likeness (QED) is 0.327. The van der Waals surface area contributed by atoms with Gasteiger partial charge in [-0.25, -0.2) is 4.39 Å². The second-order valence-electron chi connectivity index (χ2n) is 7.79. The number of nitrogens with one attached hydrogen (secondary N) is 1. The zero-order chi connectivity index (χ0) is 25.8. The maximum absolute atomic E-state index is 13.8. The SMILES string of the molecule is C=C/C=C(\C=C/N(C)C(CC)c1ccc(F)c(C)c1)C(/C=C\N=C)=N/CNc1c(C#N)cnn1C. The van der Waals surface area contributed by atoms with Crippen LogP contribution in [0.4, 0.5) is 10.2 Å². The minimum atomic E-state index is -0.205. The molecule has 7 nitrogen and oxygen atoms in total. The van der Waals surface area contributed by atoms with Crippen LogP contribution in [0.15, 0.2) is 83.2 Å². The number of aromatic nitrogens is 2. The van der Waals surface area contributed by atoms with Crippen molar-refractivity contribution in [2.45, 2.75) is 26.3 Å². The van der Waals surface area contributed by atoms with Crippen molar-refractivity contribution in [3.63, 3.8) is 0 Å². The fourth-order valence-electron chi connectivity index (χ4n) is 3.58. The van der Waals surface area contributed by atoms with Crippen molar-refractivity contribution < 1.29 is 4.39 Å². The molecule has 182 valence electrons. The zero-order valence-electron chi connectivity index (χ0n) is 20.7. The molecule has 1 N–H and O–H groups in total. The first-order valence-electron chi connectivity index (χ1n) is 11.2. The van der Waals surface area contributed by atoms with Gasteiger partial charge >= 0.3 is 0 Å². The Bertz CT molecular complexity index is 1190. The molecule has 1 aromatic heterocycles. The number of allylic oxidation sites excluding steroid dienone is 5. The van der Waals surface area contributed by atoms with E-state index in [1.807, 2.05) is 37.5 Å². The Morgan fingerprint density at radius 3 is 2.80 bits per heavy atom. The number of anilines is 1. The van der Waals surface area contributed by atoms with Gasteiger partial charge < -0.3 is 10.2 Å². The Kier molecular flexibility index (Phi) is 10.4. The van der Waals surface area contributed by atoms with E-state index < -0.39 is 0 Å². The summed E-state index contributed by atoms with van der Waals surface area (Å²) in [6, 6.07) is 7.41. The molecule has 1 atom stereocenters. The van der Waals surface area contributed by atoms with E-state index in [4.69, 9.17) is 0 Å². The first-order chi connectivity index (χ1) is 16.9. The highest BCUT2D eigenvalue weighted by Gasteiger charge is 2.14. The molecule has 0 saturated carbocycles. The highest BCUT2D eigenvalue weighted by Crippen LogP contribution is 2.25. The van der Waals surface area contributed by atoms with Gasteiger partial charge in [0.2, 0.25) is 0 Å². The molecule has 0 aliphatic carbocycles. The Morgan fingerprint density at radius 2 is 2.17 bits per heavy atom. The number of rotatable bonds is 12. The predicted octanol–water partition coefficient (Wildman–Crippen LogP) is 5.47. The van der Waals surface area contributed by atoms with Crippen LogP contribution >= 0.6 is 0 Å². The normalized spacial score (nSPS) is 13.1. The molecule has 2 aromatic rings. The molecule has 0 amide bonds. The van der Waals surface area contributed by atoms with Crippen molar-refractivity contribution in [2.75, 3.05) is 19.0 Å². The van der Waals surface area contributed by atoms with Gasteiger partial charge in [0.05, 0.1) is 18.0 Å². The van der Waals surface area contributed by atoms with Gasteiger partial charge in [0.15, 0.2) is 0 Å². The maximum Gasteiger partial charge on any atom is 0.143 e. The van der Waals surface area contributed by atoms with Crippen LogP contribution in [0.2, 0.25) is 0 Å². The van der Waals surface area contributed by atoms with Crippen LogP contribution in [0, 0.1) is 24.1 Å². The molecule has 8 heteroatoms. The van der Waals surface area contributed by atoms with Gasteiger partial charge in [-0.1, -0.05) is 37.8 Å². The molecule has 1 unspecified atom stereocenters. The van der Waals surface area contributed by atoms with Gasteiger partial charge in [0, 0.05) is 25.9 Å². The van der Waals surface area contributed by atoms with Crippen LogP contribution in [0.1, 0.15) is 36.1 Å². The van der Waals surface area contributed by atoms with Crippen LogP contribution < -0.4 is 5.32 Å². The minimum Gasteiger partial charge on any atom is -0.373 e. The summed E-state index contributed by atoms with van der Waals surface area (Å²) in [4.78, 5) is 10.5. The lowest BCUT2D eigenvalue weighted by Gasteiger charge is -2.27. The summed E-state index contributed by atoms with van der Waals surface area (Å²) >= 11 is 0. The number of hydrogen-bond donors (Lipinski definition) is 1. The van der Waals surface area contributed by atoms with E-state index in [0.717, 1.165) is 17.6 Å². The molecular weight excluding hydrogens is 441 g/mol. The Balaban J connectivity index is 2.29. The van der Waals surface area contributed by atoms with Crippen LogP contribution in [-0.4, -0.2) is 40.8 Å². The topological polar surface area (TPSA) is 81.6 Å². The Labute approximate surface area is 207 Å². The molecule has 0 fully saturated rings. The van der Waals surface area contributed by atoms with Gasteiger partial charge in [0.1, 0.15) is 29.9 Å². The summed E-state index contributed by atoms with van der Waals surface area (Å²) in [6.45, 7) is 11.4. The minimum absolute atomic E-state index is 0.0808. The molecule has 1 aromatic carbocycles. The average Bonchev–Trinajstić information content (AvgIpc) is 3.21. The molecule has 0 aliphatic rings. The average molecular weight is 474 g/mol. The van der Waals surface area contributed by atoms with E-state index >= 15 is 0 Å². The molecular formula is C27H32FN7. The molecule has 1 heterocycles. The van der Waals surface area contributed by atoms with E-state index in [9.17, 15) is 9.65 Å². The lowest BCUT2D eigenvalue weighted by molar-refractivity contribution is 0.327. The van der Waals surface area contributed by atoms with Gasteiger partial charge in [-0.15, -0.1) is 0 Å². The summed E-state index contributed by atoms with van der Waals surface area (Å²) in [5.41, 5.74) is 3.58. The van der Waals surface area contributed by atoms with Crippen molar-refractivity contribution in [1.82, 2.24) is 14.7 Å². The molecule has 35 heavy (non-hydrogen) atoms. The van der Waals surface area contributed by atoms with Crippen molar-refractivity contribution >= 4 is 18.2 Å². The predicted molar refractivity (Wildman–Crippen MR) is 142 cm³/mol. The second kappa shape index (κ2) is 13.5. The summed E-state index contributed by atoms with van der Waals surface area (Å²) in [5.74, 6) is 0.384. The molecule has 2 rings (SSSR count). The number of hydrogen-bond acceptors (Lipinski definition) is 6. The summed E-state index contributed by atoms with van der Waals surface area (Å²) in [7, 11) is 3.74. The second-order valence-corrected chi connectivity index (χ2v) is 7.79. The van der Waals surface area contributed by atoms with E-state index in [2.05, 4.69) is 51.6 Å². The molecule has 0 radical (unpaired) electrons. The highest BCUT2D eigenvalue weighted by molar-refractivity contribution is 6.10. The summed E-state index contributed by atoms with van der Waals surface area (Å²) < 4.78 is 15.3. The van der Waals surface area contributed by atoms with Gasteiger partial charge in [-0.05, 0) is 55.6 Å². The Morgan fingerprint density at radius 1 is 1.40 bits per heavy atom. The number of halogens is 1. The Hall–Kier alpha value is -4.25. The van der Waals surface area contributed by atoms with E-state index in [1.54, 1.807) is 37.0 Å². The lowest BCUT2D eigenvalue weighted by atomic mass is 10.0. The molecule has 0 aliphatic heterocycles. The number of nitriles is 1. The molecule has 0 saturated heterocycles. The maximum atomic E-state index is 13.8. The van der Waals surface area contributed by atoms with Crippen molar-refractivity contribution in [2.24, 2.45) is 17.0 Å². The smallest absolute Gasteiger partial charge is 0.143 e. The monoisotopic (exact) mass is 473 g/mol. The largest absolute Gasteiger partial charge is 0.373 e. The van der Waals surface area contributed by atoms with Crippen LogP contribution in [0.3, 0.4) is 0 Å². The van der Waals surface area contributed by atoms with Crippen LogP contribution in [0.5, 0.6) is 0 Å². The molecule has 0 bridgehead atoms. The van der Waals surface area contributed by atoms with Crippen LogP contribution in [0.25, 0.3) is 0 Å². The van der Waals surface area contributed by atoms with Crippen molar-refractivity contribution in [1.29, 1.82) is 5.26 Å². The first-order valence-corrected chi connectivity index (χ1v) is 11.2. The van der Waals surface area contributed by atoms with Gasteiger partial charge in [-0.2, -0.15) is 10.4 Å². The molecule has 0 spiro atoms. The third kappa shape index (κ3) is 7.37. The highest BCUT2D eigenvalue weighted by atomic mass is 19.1. The van der Waals surface area contributed by atoms with Crippen molar-refractivity contribution in [3.05, 3.63) is 95.8 Å². The number of benzene rings is 1. The standard InChI is InChI=1S/C27H32FN7/c1-7-9-21(13-15-34(5)26(8-2)22-10-11-24(28)20(3)16-22)25(12-14-30-4)31-19-32-27-23(17-29)18-33-35(27)6/h7,9-16,18,26,32H,1,4,8,19H2,2-3,5-6H3/b14-12-,15-13-,21-9+,31-25+. The first kappa shape index (κ1) is 27.0. The number of aliphatic imine (C=N–C) groups is 2. The van der Waals surface area contributed by atoms with Crippen LogP contribution in [-0.2, 0) is 7.05 Å². The van der Waals surface area contributed by atoms with E-state index in [0.29, 0.717) is 22.7 Å². The van der Waals surface area contributed by atoms with Gasteiger partial charge in [0.25, 0.3) is 0 Å². The fraction of sp³-hybridized carbons (Fsp3) is 0.259. The third-order valence-corrected chi connectivity index (χ3v) is 5.42. The summed E-state index contributed by atoms with van der Waals surface area (Å²) in [5, 5.41) is 16.5. The van der Waals surface area contributed by atoms with Crippen molar-refractivity contribution in [3.8, 4) is 6.07 Å². The van der Waals surface area contributed by atoms with E-state index in [1.165, 1.54) is 12.3 Å². The lowest BCUT2D eigenvalue weighted by Crippen LogP contribution is -2.19. The fourth-order valence-corrected chi connectivity index (χ4v) is 3.58. The zero-order valence-corrected chi connectivity index (χ0v) is 20.7. The summed E-state index contributed by atoms with van der Waals surface area (Å²) in [6.07, 6.45) is 13.1. The number of nitrogens with zero attached hydrogens (tertiary/aromatic N) is 6. The number of aryl methyl sites for hydroxylation is 2. The third-order valence-electron chi connectivity index (χ3n) is 5.42. The van der Waals surface area contributed by atoms with E-state index in [-0.39, 0.29) is 18.5 Å².